The van der Waals surface area contributed by atoms with Crippen molar-refractivity contribution in [3.8, 4) is 0 Å². The van der Waals surface area contributed by atoms with Gasteiger partial charge in [0, 0.05) is 15.7 Å². The van der Waals surface area contributed by atoms with Crippen molar-refractivity contribution in [1.82, 2.24) is 10.6 Å². The van der Waals surface area contributed by atoms with Crippen molar-refractivity contribution in [1.29, 1.82) is 0 Å². The van der Waals surface area contributed by atoms with Gasteiger partial charge < -0.3 is 16.0 Å². The number of nitrogens with one attached hydrogen (secondary N) is 3. The average molecular weight is 510 g/mol. The van der Waals surface area contributed by atoms with Crippen molar-refractivity contribution in [3.05, 3.63) is 63.6 Å². The smallest absolute Gasteiger partial charge is 0.252 e. The molecule has 0 heterocycles. The van der Waals surface area contributed by atoms with Gasteiger partial charge in [0.05, 0.1) is 0 Å². The first-order valence-electron chi connectivity index (χ1n) is 7.84. The summed E-state index contributed by atoms with van der Waals surface area (Å²) in [6.45, 7) is 3.96. The molecular formula is C18H17BrCl3N3OS. The van der Waals surface area contributed by atoms with Gasteiger partial charge in [-0.05, 0) is 62.0 Å². The van der Waals surface area contributed by atoms with Crippen LogP contribution in [0.15, 0.2) is 46.9 Å². The highest BCUT2D eigenvalue weighted by Crippen LogP contribution is 2.29. The summed E-state index contributed by atoms with van der Waals surface area (Å²) in [6, 6.07) is 12.7. The molecule has 0 aliphatic rings. The lowest BCUT2D eigenvalue weighted by atomic mass is 10.1. The Morgan fingerprint density at radius 1 is 1.07 bits per heavy atom. The summed E-state index contributed by atoms with van der Waals surface area (Å²) >= 11 is 26.7. The number of alkyl halides is 3. The Morgan fingerprint density at radius 2 is 1.70 bits per heavy atom. The number of amides is 1. The molecule has 0 spiro atoms. The lowest BCUT2D eigenvalue weighted by molar-refractivity contribution is 0.0934. The van der Waals surface area contributed by atoms with E-state index in [0.29, 0.717) is 5.56 Å². The summed E-state index contributed by atoms with van der Waals surface area (Å²) in [5, 5.41) is 8.75. The molecule has 2 aromatic rings. The topological polar surface area (TPSA) is 53.2 Å². The molecule has 1 atom stereocenters. The summed E-state index contributed by atoms with van der Waals surface area (Å²) in [4.78, 5) is 12.4. The monoisotopic (exact) mass is 507 g/mol. The average Bonchev–Trinajstić information content (AvgIpc) is 2.56. The van der Waals surface area contributed by atoms with Gasteiger partial charge in [-0.2, -0.15) is 0 Å². The van der Waals surface area contributed by atoms with Gasteiger partial charge in [-0.25, -0.2) is 0 Å². The maximum absolute atomic E-state index is 12.4. The molecule has 2 rings (SSSR count). The number of hydrogen-bond donors (Lipinski definition) is 3. The molecular weight excluding hydrogens is 493 g/mol. The molecule has 0 fully saturated rings. The largest absolute Gasteiger partial charge is 0.339 e. The van der Waals surface area contributed by atoms with Crippen LogP contribution >= 0.6 is 63.0 Å². The molecule has 4 nitrogen and oxygen atoms in total. The number of carbonyl (C=O) groups excluding carboxylic acids is 1. The minimum atomic E-state index is -1.82. The standard InChI is InChI=1S/C18H17BrCl3N3OS/c1-10-3-8-14(11(2)9-10)23-17(27)25-16(18(20,21)22)24-15(26)12-4-6-13(19)7-5-12/h3-9,16H,1-2H3,(H,24,26)(H2,23,25,27). The zero-order chi connectivity index (χ0) is 20.2. The van der Waals surface area contributed by atoms with E-state index in [4.69, 9.17) is 47.0 Å². The van der Waals surface area contributed by atoms with Crippen LogP contribution in [0.2, 0.25) is 0 Å². The van der Waals surface area contributed by atoms with Crippen molar-refractivity contribution in [2.75, 3.05) is 5.32 Å². The Bertz CT molecular complexity index is 841. The molecule has 0 saturated carbocycles. The molecule has 0 aliphatic heterocycles. The zero-order valence-electron chi connectivity index (χ0n) is 14.4. The van der Waals surface area contributed by atoms with Crippen LogP contribution in [0.4, 0.5) is 5.69 Å². The summed E-state index contributed by atoms with van der Waals surface area (Å²) in [5.74, 6) is -0.402. The highest BCUT2D eigenvalue weighted by atomic mass is 79.9. The molecule has 144 valence electrons. The predicted octanol–water partition coefficient (Wildman–Crippen LogP) is 5.48. The van der Waals surface area contributed by atoms with Gasteiger partial charge in [0.15, 0.2) is 5.11 Å². The Labute approximate surface area is 187 Å². The zero-order valence-corrected chi connectivity index (χ0v) is 19.1. The molecule has 2 aromatic carbocycles. The SMILES string of the molecule is Cc1ccc(NC(=S)NC(NC(=O)c2ccc(Br)cc2)C(Cl)(Cl)Cl)c(C)c1. The van der Waals surface area contributed by atoms with Gasteiger partial charge in [-0.15, -0.1) is 0 Å². The van der Waals surface area contributed by atoms with Crippen LogP contribution in [0.1, 0.15) is 21.5 Å². The molecule has 1 amide bonds. The first kappa shape index (κ1) is 22.2. The van der Waals surface area contributed by atoms with Crippen molar-refractivity contribution >= 4 is 79.7 Å². The summed E-state index contributed by atoms with van der Waals surface area (Å²) in [5.41, 5.74) is 3.40. The van der Waals surface area contributed by atoms with E-state index in [1.165, 1.54) is 0 Å². The Hall–Kier alpha value is -1.05. The lowest BCUT2D eigenvalue weighted by Crippen LogP contribution is -2.56. The second kappa shape index (κ2) is 9.43. The third kappa shape index (κ3) is 6.80. The first-order chi connectivity index (χ1) is 12.6. The van der Waals surface area contributed by atoms with Crippen LogP contribution in [0.3, 0.4) is 0 Å². The van der Waals surface area contributed by atoms with Crippen LogP contribution in [0.25, 0.3) is 0 Å². The van der Waals surface area contributed by atoms with E-state index in [9.17, 15) is 4.79 Å². The summed E-state index contributed by atoms with van der Waals surface area (Å²) in [6.07, 6.45) is -1.04. The second-order valence-corrected chi connectivity index (χ2v) is 9.56. The van der Waals surface area contributed by atoms with Crippen molar-refractivity contribution in [2.45, 2.75) is 23.8 Å². The summed E-state index contributed by atoms with van der Waals surface area (Å²) < 4.78 is -0.965. The third-order valence-electron chi connectivity index (χ3n) is 3.61. The molecule has 0 radical (unpaired) electrons. The molecule has 0 saturated heterocycles. The van der Waals surface area contributed by atoms with Gasteiger partial charge in [0.25, 0.3) is 5.91 Å². The van der Waals surface area contributed by atoms with Gasteiger partial charge >= 0.3 is 0 Å². The summed E-state index contributed by atoms with van der Waals surface area (Å²) in [7, 11) is 0. The fourth-order valence-corrected chi connectivity index (χ4v) is 3.08. The van der Waals surface area contributed by atoms with E-state index in [2.05, 4.69) is 31.9 Å². The number of rotatable bonds is 4. The van der Waals surface area contributed by atoms with Crippen LogP contribution in [0.5, 0.6) is 0 Å². The molecule has 3 N–H and O–H groups in total. The number of hydrogen-bond acceptors (Lipinski definition) is 2. The van der Waals surface area contributed by atoms with E-state index in [-0.39, 0.29) is 5.11 Å². The quantitative estimate of drug-likeness (QED) is 0.290. The number of aryl methyl sites for hydroxylation is 2. The maximum atomic E-state index is 12.4. The van der Waals surface area contributed by atoms with Gasteiger partial charge in [0.2, 0.25) is 3.79 Å². The van der Waals surface area contributed by atoms with E-state index >= 15 is 0 Å². The van der Waals surface area contributed by atoms with Crippen molar-refractivity contribution in [2.24, 2.45) is 0 Å². The number of halogens is 4. The minimum absolute atomic E-state index is 0.217. The Morgan fingerprint density at radius 3 is 2.26 bits per heavy atom. The van der Waals surface area contributed by atoms with Crippen LogP contribution in [-0.4, -0.2) is 21.0 Å². The highest BCUT2D eigenvalue weighted by Gasteiger charge is 2.34. The molecule has 1 unspecified atom stereocenters. The van der Waals surface area contributed by atoms with Gasteiger partial charge in [-0.1, -0.05) is 68.4 Å². The lowest BCUT2D eigenvalue weighted by Gasteiger charge is -2.28. The maximum Gasteiger partial charge on any atom is 0.252 e. The minimum Gasteiger partial charge on any atom is -0.339 e. The predicted molar refractivity (Wildman–Crippen MR) is 121 cm³/mol. The fraction of sp³-hybridized carbons (Fsp3) is 0.222. The number of carbonyl (C=O) groups is 1. The number of thiocarbonyl (C=S) groups is 1. The van der Waals surface area contributed by atoms with E-state index in [1.807, 2.05) is 32.0 Å². The van der Waals surface area contributed by atoms with E-state index < -0.39 is 15.9 Å². The van der Waals surface area contributed by atoms with Gasteiger partial charge in [-0.3, -0.25) is 4.79 Å². The molecule has 9 heteroatoms. The molecule has 0 bridgehead atoms. The second-order valence-electron chi connectivity index (χ2n) is 5.87. The van der Waals surface area contributed by atoms with Crippen molar-refractivity contribution < 1.29 is 4.79 Å². The van der Waals surface area contributed by atoms with E-state index in [0.717, 1.165) is 21.3 Å². The van der Waals surface area contributed by atoms with Crippen LogP contribution in [0, 0.1) is 13.8 Å². The van der Waals surface area contributed by atoms with Crippen LogP contribution < -0.4 is 16.0 Å². The molecule has 27 heavy (non-hydrogen) atoms. The number of anilines is 1. The first-order valence-corrected chi connectivity index (χ1v) is 10.2. The molecule has 0 aromatic heterocycles. The highest BCUT2D eigenvalue weighted by molar-refractivity contribution is 9.10. The van der Waals surface area contributed by atoms with E-state index in [1.54, 1.807) is 24.3 Å². The molecule has 0 aliphatic carbocycles. The van der Waals surface area contributed by atoms with Gasteiger partial charge in [0.1, 0.15) is 6.17 Å². The Balaban J connectivity index is 2.08. The van der Waals surface area contributed by atoms with Crippen molar-refractivity contribution in [3.63, 3.8) is 0 Å². The normalized spacial score (nSPS) is 12.2. The van der Waals surface area contributed by atoms with Crippen LogP contribution in [-0.2, 0) is 0 Å². The third-order valence-corrected chi connectivity index (χ3v) is 5.02. The fourth-order valence-electron chi connectivity index (χ4n) is 2.26. The Kier molecular flexibility index (Phi) is 7.77. The number of benzene rings is 2.